The fourth-order valence-electron chi connectivity index (χ4n) is 3.46. The van der Waals surface area contributed by atoms with Gasteiger partial charge >= 0.3 is 5.97 Å². The van der Waals surface area contributed by atoms with Gasteiger partial charge in [0, 0.05) is 23.3 Å². The maximum Gasteiger partial charge on any atom is 0.339 e. The zero-order valence-electron chi connectivity index (χ0n) is 17.6. The summed E-state index contributed by atoms with van der Waals surface area (Å²) in [5, 5.41) is 3.82. The molecule has 1 amide bonds. The Hall–Kier alpha value is -4.17. The number of benzene rings is 2. The average Bonchev–Trinajstić information content (AvgIpc) is 3.23. The first-order chi connectivity index (χ1) is 16.1. The molecule has 0 saturated heterocycles. The lowest BCUT2D eigenvalue weighted by Gasteiger charge is -2.10. The molecule has 3 heterocycles. The third kappa shape index (κ3) is 4.42. The van der Waals surface area contributed by atoms with E-state index in [0.29, 0.717) is 27.3 Å². The van der Waals surface area contributed by atoms with E-state index in [0.717, 1.165) is 21.3 Å². The van der Waals surface area contributed by atoms with Crippen LogP contribution in [0.2, 0.25) is 0 Å². The molecule has 0 radical (unpaired) electrons. The number of aryl methyl sites for hydroxylation is 1. The number of carbonyl (C=O) groups is 2. The molecule has 33 heavy (non-hydrogen) atoms. The Morgan fingerprint density at radius 3 is 2.64 bits per heavy atom. The van der Waals surface area contributed by atoms with Crippen LogP contribution in [0.3, 0.4) is 0 Å². The largest absolute Gasteiger partial charge is 0.452 e. The topological polar surface area (TPSA) is 94.1 Å². The van der Waals surface area contributed by atoms with Gasteiger partial charge in [-0.25, -0.2) is 14.8 Å². The van der Waals surface area contributed by atoms with Crippen LogP contribution in [0.5, 0.6) is 0 Å². The summed E-state index contributed by atoms with van der Waals surface area (Å²) < 4.78 is 6.32. The number of anilines is 1. The molecule has 0 aliphatic carbocycles. The van der Waals surface area contributed by atoms with Crippen molar-refractivity contribution in [3.63, 3.8) is 0 Å². The molecule has 3 aromatic heterocycles. The number of hydrogen-bond acceptors (Lipinski definition) is 7. The Labute approximate surface area is 193 Å². The van der Waals surface area contributed by atoms with Gasteiger partial charge in [0.2, 0.25) is 0 Å². The number of pyridine rings is 2. The summed E-state index contributed by atoms with van der Waals surface area (Å²) in [6.45, 7) is 1.58. The molecular weight excluding hydrogens is 436 g/mol. The van der Waals surface area contributed by atoms with E-state index in [1.165, 1.54) is 11.3 Å². The second-order valence-corrected chi connectivity index (χ2v) is 8.45. The number of carbonyl (C=O) groups excluding carboxylic acids is 2. The Morgan fingerprint density at radius 1 is 0.970 bits per heavy atom. The summed E-state index contributed by atoms with van der Waals surface area (Å²) in [5.74, 6) is -1.05. The molecule has 5 aromatic rings. The van der Waals surface area contributed by atoms with Gasteiger partial charge in [0.25, 0.3) is 5.91 Å². The van der Waals surface area contributed by atoms with Crippen LogP contribution >= 0.6 is 11.3 Å². The summed E-state index contributed by atoms with van der Waals surface area (Å²) >= 11 is 1.37. The molecular formula is C25H18N4O3S. The predicted molar refractivity (Wildman–Crippen MR) is 128 cm³/mol. The molecule has 162 valence electrons. The molecule has 8 heteroatoms. The van der Waals surface area contributed by atoms with Gasteiger partial charge in [0.15, 0.2) is 11.7 Å². The first kappa shape index (κ1) is 20.7. The van der Waals surface area contributed by atoms with E-state index in [4.69, 9.17) is 4.74 Å². The Balaban J connectivity index is 1.34. The molecule has 0 saturated carbocycles. The number of aromatic nitrogens is 3. The first-order valence-electron chi connectivity index (χ1n) is 10.2. The number of nitrogens with one attached hydrogen (secondary N) is 1. The highest BCUT2D eigenvalue weighted by molar-refractivity contribution is 7.22. The van der Waals surface area contributed by atoms with Gasteiger partial charge < -0.3 is 4.74 Å². The van der Waals surface area contributed by atoms with Crippen LogP contribution < -0.4 is 5.32 Å². The van der Waals surface area contributed by atoms with Gasteiger partial charge in [-0.15, -0.1) is 0 Å². The van der Waals surface area contributed by atoms with Crippen molar-refractivity contribution in [3.8, 4) is 11.3 Å². The summed E-state index contributed by atoms with van der Waals surface area (Å²) in [7, 11) is 0. The number of thiazole rings is 1. The highest BCUT2D eigenvalue weighted by Gasteiger charge is 2.17. The van der Waals surface area contributed by atoms with Crippen LogP contribution in [0.15, 0.2) is 73.1 Å². The van der Waals surface area contributed by atoms with Crippen LogP contribution in [0, 0.1) is 6.92 Å². The minimum absolute atomic E-state index is 0.343. The second-order valence-electron chi connectivity index (χ2n) is 7.42. The van der Waals surface area contributed by atoms with Crippen molar-refractivity contribution < 1.29 is 14.3 Å². The zero-order chi connectivity index (χ0) is 22.8. The lowest BCUT2D eigenvalue weighted by Crippen LogP contribution is -2.21. The SMILES string of the molecule is Cc1ccc2nc(NC(=O)COC(=O)c3cc(-c4ccncc4)nc4ccccc34)sc2c1. The molecule has 0 spiro atoms. The van der Waals surface area contributed by atoms with E-state index in [-0.39, 0.29) is 0 Å². The molecule has 0 aliphatic rings. The number of fused-ring (bicyclic) bond motifs is 2. The van der Waals surface area contributed by atoms with Gasteiger partial charge in [-0.05, 0) is 48.9 Å². The van der Waals surface area contributed by atoms with Crippen molar-refractivity contribution in [1.29, 1.82) is 0 Å². The second kappa shape index (κ2) is 8.76. The lowest BCUT2D eigenvalue weighted by molar-refractivity contribution is -0.119. The van der Waals surface area contributed by atoms with Crippen molar-refractivity contribution in [3.05, 3.63) is 84.2 Å². The van der Waals surface area contributed by atoms with Crippen molar-refractivity contribution in [1.82, 2.24) is 15.0 Å². The van der Waals surface area contributed by atoms with Gasteiger partial charge in [0.05, 0.1) is 27.0 Å². The van der Waals surface area contributed by atoms with Crippen LogP contribution in [-0.2, 0) is 9.53 Å². The molecule has 0 atom stereocenters. The van der Waals surface area contributed by atoms with Crippen LogP contribution in [0.25, 0.3) is 32.4 Å². The van der Waals surface area contributed by atoms with E-state index in [1.54, 1.807) is 24.5 Å². The summed E-state index contributed by atoms with van der Waals surface area (Å²) in [6, 6.07) is 18.5. The van der Waals surface area contributed by atoms with E-state index in [9.17, 15) is 9.59 Å². The monoisotopic (exact) mass is 454 g/mol. The average molecular weight is 455 g/mol. The number of rotatable bonds is 5. The quantitative estimate of drug-likeness (QED) is 0.375. The molecule has 0 aliphatic heterocycles. The Kier molecular flexibility index (Phi) is 5.50. The molecule has 2 aromatic carbocycles. The van der Waals surface area contributed by atoms with E-state index in [2.05, 4.69) is 20.3 Å². The van der Waals surface area contributed by atoms with Crippen LogP contribution in [0.1, 0.15) is 15.9 Å². The van der Waals surface area contributed by atoms with Gasteiger partial charge in [-0.2, -0.15) is 0 Å². The number of esters is 1. The third-order valence-corrected chi connectivity index (χ3v) is 5.97. The molecule has 0 unspecified atom stereocenters. The number of hydrogen-bond donors (Lipinski definition) is 1. The first-order valence-corrected chi connectivity index (χ1v) is 11.0. The standard InChI is InChI=1S/C25H18N4O3S/c1-15-6-7-20-22(12-15)33-25(28-20)29-23(30)14-32-24(31)18-13-21(16-8-10-26-11-9-16)27-19-5-3-2-4-17(18)19/h2-13H,14H2,1H3,(H,28,29,30). The van der Waals surface area contributed by atoms with Gasteiger partial charge in [-0.3, -0.25) is 15.1 Å². The summed E-state index contributed by atoms with van der Waals surface area (Å²) in [4.78, 5) is 38.4. The third-order valence-electron chi connectivity index (χ3n) is 5.04. The number of para-hydroxylation sites is 1. The molecule has 5 rings (SSSR count). The fourth-order valence-corrected chi connectivity index (χ4v) is 4.44. The summed E-state index contributed by atoms with van der Waals surface area (Å²) in [6.07, 6.45) is 3.33. The number of nitrogens with zero attached hydrogens (tertiary/aromatic N) is 3. The van der Waals surface area contributed by atoms with Crippen molar-refractivity contribution in [2.24, 2.45) is 0 Å². The predicted octanol–water partition coefficient (Wildman–Crippen LogP) is 5.01. The van der Waals surface area contributed by atoms with E-state index in [1.807, 2.05) is 55.5 Å². The maximum atomic E-state index is 12.9. The number of amides is 1. The molecule has 0 bridgehead atoms. The number of ether oxygens (including phenoxy) is 1. The minimum Gasteiger partial charge on any atom is -0.452 e. The van der Waals surface area contributed by atoms with Crippen LogP contribution in [0.4, 0.5) is 5.13 Å². The van der Waals surface area contributed by atoms with Crippen LogP contribution in [-0.4, -0.2) is 33.4 Å². The molecule has 1 N–H and O–H groups in total. The highest BCUT2D eigenvalue weighted by atomic mass is 32.1. The van der Waals surface area contributed by atoms with Crippen molar-refractivity contribution >= 4 is 49.5 Å². The maximum absolute atomic E-state index is 12.9. The molecule has 7 nitrogen and oxygen atoms in total. The molecule has 0 fully saturated rings. The normalized spacial score (nSPS) is 10.9. The van der Waals surface area contributed by atoms with Crippen molar-refractivity contribution in [2.45, 2.75) is 6.92 Å². The van der Waals surface area contributed by atoms with Crippen molar-refractivity contribution in [2.75, 3.05) is 11.9 Å². The Bertz CT molecular complexity index is 1500. The van der Waals surface area contributed by atoms with E-state index >= 15 is 0 Å². The minimum atomic E-state index is -0.598. The Morgan fingerprint density at radius 2 is 1.79 bits per heavy atom. The lowest BCUT2D eigenvalue weighted by atomic mass is 10.0. The summed E-state index contributed by atoms with van der Waals surface area (Å²) in [5.41, 5.74) is 4.38. The van der Waals surface area contributed by atoms with E-state index < -0.39 is 18.5 Å². The smallest absolute Gasteiger partial charge is 0.339 e. The fraction of sp³-hybridized carbons (Fsp3) is 0.0800. The zero-order valence-corrected chi connectivity index (χ0v) is 18.4. The van der Waals surface area contributed by atoms with Gasteiger partial charge in [0.1, 0.15) is 0 Å². The highest BCUT2D eigenvalue weighted by Crippen LogP contribution is 2.27. The van der Waals surface area contributed by atoms with Gasteiger partial charge in [-0.1, -0.05) is 35.6 Å².